The highest BCUT2D eigenvalue weighted by Gasteiger charge is 2.44. The topological polar surface area (TPSA) is 61.4 Å². The van der Waals surface area contributed by atoms with E-state index in [9.17, 15) is 10.4 Å². The Labute approximate surface area is 140 Å². The third-order valence-corrected chi connectivity index (χ3v) is 5.84. The van der Waals surface area contributed by atoms with Gasteiger partial charge in [0, 0.05) is 13.0 Å². The van der Waals surface area contributed by atoms with E-state index in [1.807, 2.05) is 34.6 Å². The summed E-state index contributed by atoms with van der Waals surface area (Å²) in [5.74, 6) is 0.404. The SMILES string of the molecule is [O-][N+]1([O-])SN2CC=CC(C3CCNC3)=C2[C@H]1Cc1ccccc1. The second-order valence-electron chi connectivity index (χ2n) is 6.32. The second kappa shape index (κ2) is 5.96. The van der Waals surface area contributed by atoms with E-state index in [1.165, 1.54) is 5.57 Å². The number of allylic oxidation sites excluding steroid dienone is 1. The van der Waals surface area contributed by atoms with Gasteiger partial charge < -0.3 is 19.9 Å². The summed E-state index contributed by atoms with van der Waals surface area (Å²) in [4.78, 5) is 0. The van der Waals surface area contributed by atoms with Gasteiger partial charge in [0.1, 0.15) is 6.04 Å². The van der Waals surface area contributed by atoms with Gasteiger partial charge in [-0.1, -0.05) is 42.5 Å². The lowest BCUT2D eigenvalue weighted by Gasteiger charge is -2.43. The Morgan fingerprint density at radius 2 is 2.09 bits per heavy atom. The molecule has 0 aliphatic carbocycles. The third-order valence-electron chi connectivity index (χ3n) is 4.81. The lowest BCUT2D eigenvalue weighted by Crippen LogP contribution is -2.38. The molecule has 2 saturated heterocycles. The predicted octanol–water partition coefficient (Wildman–Crippen LogP) is 2.72. The minimum Gasteiger partial charge on any atom is -0.617 e. The van der Waals surface area contributed by atoms with Gasteiger partial charge in [0.25, 0.3) is 0 Å². The maximum absolute atomic E-state index is 12.6. The fourth-order valence-corrected chi connectivity index (χ4v) is 4.72. The average molecular weight is 330 g/mol. The molecule has 2 atom stereocenters. The number of hydrogen-bond acceptors (Lipinski definition) is 5. The van der Waals surface area contributed by atoms with Crippen LogP contribution < -0.4 is 5.32 Å². The fraction of sp³-hybridized carbons (Fsp3) is 0.412. The fourth-order valence-electron chi connectivity index (χ4n) is 3.69. The quantitative estimate of drug-likeness (QED) is 0.524. The van der Waals surface area contributed by atoms with Crippen molar-refractivity contribution in [1.82, 2.24) is 9.62 Å². The molecule has 1 N–H and O–H groups in total. The summed E-state index contributed by atoms with van der Waals surface area (Å²) in [6.07, 6.45) is 5.75. The van der Waals surface area contributed by atoms with Crippen molar-refractivity contribution in [2.45, 2.75) is 18.9 Å². The van der Waals surface area contributed by atoms with E-state index >= 15 is 0 Å². The molecule has 0 saturated carbocycles. The first kappa shape index (κ1) is 15.2. The van der Waals surface area contributed by atoms with Crippen molar-refractivity contribution in [3.05, 3.63) is 69.7 Å². The summed E-state index contributed by atoms with van der Waals surface area (Å²) in [5, 5.41) is 28.6. The number of nitrogens with zero attached hydrogens (tertiary/aromatic N) is 2. The lowest BCUT2D eigenvalue weighted by molar-refractivity contribution is -0.703. The molecule has 3 heterocycles. The highest BCUT2D eigenvalue weighted by Crippen LogP contribution is 2.48. The Kier molecular flexibility index (Phi) is 3.95. The number of benzene rings is 1. The maximum Gasteiger partial charge on any atom is 0.203 e. The molecule has 5 nitrogen and oxygen atoms in total. The second-order valence-corrected chi connectivity index (χ2v) is 7.43. The summed E-state index contributed by atoms with van der Waals surface area (Å²) >= 11 is 0.872. The Morgan fingerprint density at radius 3 is 2.83 bits per heavy atom. The van der Waals surface area contributed by atoms with Gasteiger partial charge in [-0.2, -0.15) is 0 Å². The molecule has 23 heavy (non-hydrogen) atoms. The van der Waals surface area contributed by atoms with E-state index in [-0.39, 0.29) is 0 Å². The smallest absolute Gasteiger partial charge is 0.203 e. The van der Waals surface area contributed by atoms with Gasteiger partial charge in [-0.3, -0.25) is 4.31 Å². The monoisotopic (exact) mass is 330 g/mol. The summed E-state index contributed by atoms with van der Waals surface area (Å²) < 4.78 is 0.400. The van der Waals surface area contributed by atoms with E-state index in [0.29, 0.717) is 18.9 Å². The first-order chi connectivity index (χ1) is 11.1. The van der Waals surface area contributed by atoms with Crippen LogP contribution in [0.2, 0.25) is 0 Å². The van der Waals surface area contributed by atoms with Gasteiger partial charge in [0.05, 0.1) is 12.2 Å². The standard InChI is InChI=1S/C17H20N3O2S/c21-20(22)16(11-13-5-2-1-3-6-13)17-15(14-8-9-18-12-14)7-4-10-19(17)23-20/h1-7,14,16,18H,8-12H2/q-1/t14?,16-/m1/s1. The molecule has 3 aliphatic rings. The van der Waals surface area contributed by atoms with E-state index in [4.69, 9.17) is 0 Å². The number of fused-ring (bicyclic) bond motifs is 1. The van der Waals surface area contributed by atoms with Crippen LogP contribution in [-0.4, -0.2) is 34.2 Å². The third kappa shape index (κ3) is 2.81. The number of quaternary nitrogens is 1. The molecule has 4 rings (SSSR count). The molecule has 1 unspecified atom stereocenters. The Hall–Kier alpha value is -1.31. The predicted molar refractivity (Wildman–Crippen MR) is 92.4 cm³/mol. The highest BCUT2D eigenvalue weighted by molar-refractivity contribution is 7.91. The van der Waals surface area contributed by atoms with E-state index in [1.54, 1.807) is 0 Å². The molecule has 0 amide bonds. The average Bonchev–Trinajstić information content (AvgIpc) is 3.15. The maximum atomic E-state index is 12.6. The van der Waals surface area contributed by atoms with Crippen LogP contribution in [0.5, 0.6) is 0 Å². The Bertz CT molecular complexity index is 638. The number of hydrogen-bond donors (Lipinski definition) is 1. The van der Waals surface area contributed by atoms with Crippen molar-refractivity contribution in [2.24, 2.45) is 5.92 Å². The van der Waals surface area contributed by atoms with Crippen LogP contribution in [0.25, 0.3) is 0 Å². The zero-order valence-corrected chi connectivity index (χ0v) is 13.7. The molecule has 122 valence electrons. The van der Waals surface area contributed by atoms with Crippen molar-refractivity contribution >= 4 is 12.1 Å². The summed E-state index contributed by atoms with van der Waals surface area (Å²) in [5.41, 5.74) is 3.18. The molecule has 0 aromatic heterocycles. The van der Waals surface area contributed by atoms with Crippen molar-refractivity contribution in [2.75, 3.05) is 19.6 Å². The minimum atomic E-state index is -1.52. The largest absolute Gasteiger partial charge is 0.617 e. The van der Waals surface area contributed by atoms with Crippen LogP contribution in [-0.2, 0) is 6.42 Å². The highest BCUT2D eigenvalue weighted by atomic mass is 32.2. The van der Waals surface area contributed by atoms with Crippen LogP contribution in [0.15, 0.2) is 53.8 Å². The molecule has 0 spiro atoms. The van der Waals surface area contributed by atoms with Crippen LogP contribution in [0.1, 0.15) is 12.0 Å². The van der Waals surface area contributed by atoms with Crippen LogP contribution >= 0.6 is 12.1 Å². The van der Waals surface area contributed by atoms with Crippen molar-refractivity contribution < 1.29 is 4.21 Å². The molecule has 3 aliphatic heterocycles. The number of hydroxylamine groups is 2. The van der Waals surface area contributed by atoms with Crippen molar-refractivity contribution in [1.29, 1.82) is 0 Å². The molecule has 0 radical (unpaired) electrons. The van der Waals surface area contributed by atoms with Crippen molar-refractivity contribution in [3.63, 3.8) is 0 Å². The molecule has 0 bridgehead atoms. The number of nitrogens with one attached hydrogen (secondary N) is 1. The Morgan fingerprint density at radius 1 is 1.26 bits per heavy atom. The lowest BCUT2D eigenvalue weighted by atomic mass is 9.90. The van der Waals surface area contributed by atoms with E-state index in [2.05, 4.69) is 17.5 Å². The van der Waals surface area contributed by atoms with E-state index in [0.717, 1.165) is 42.9 Å². The minimum absolute atomic E-state index is 0.404. The normalized spacial score (nSPS) is 29.2. The van der Waals surface area contributed by atoms with Gasteiger partial charge in [0.15, 0.2) is 0 Å². The van der Waals surface area contributed by atoms with E-state index < -0.39 is 10.3 Å². The Balaban J connectivity index is 1.72. The van der Waals surface area contributed by atoms with Gasteiger partial charge in [-0.05, 0) is 30.0 Å². The molecule has 6 heteroatoms. The summed E-state index contributed by atoms with van der Waals surface area (Å²) in [6.45, 7) is 2.57. The molecule has 2 fully saturated rings. The van der Waals surface area contributed by atoms with Gasteiger partial charge in [-0.15, -0.1) is 0 Å². The summed E-state index contributed by atoms with van der Waals surface area (Å²) in [7, 11) is 0. The molecular formula is C17H20N3O2S-. The molecule has 1 aromatic rings. The zero-order chi connectivity index (χ0) is 15.9. The van der Waals surface area contributed by atoms with Gasteiger partial charge in [-0.25, -0.2) is 0 Å². The van der Waals surface area contributed by atoms with Crippen LogP contribution in [0.3, 0.4) is 0 Å². The van der Waals surface area contributed by atoms with Gasteiger partial charge in [0.2, 0.25) is 12.1 Å². The van der Waals surface area contributed by atoms with Crippen molar-refractivity contribution in [3.8, 4) is 0 Å². The van der Waals surface area contributed by atoms with Crippen LogP contribution in [0, 0.1) is 16.3 Å². The molecule has 1 aromatic carbocycles. The van der Waals surface area contributed by atoms with Crippen LogP contribution in [0.4, 0.5) is 0 Å². The first-order valence-electron chi connectivity index (χ1n) is 8.08. The zero-order valence-electron chi connectivity index (χ0n) is 12.9. The number of rotatable bonds is 3. The summed E-state index contributed by atoms with van der Waals surface area (Å²) in [6, 6.07) is 9.26. The molecular weight excluding hydrogens is 310 g/mol. The first-order valence-corrected chi connectivity index (χ1v) is 8.81. The van der Waals surface area contributed by atoms with Gasteiger partial charge >= 0.3 is 0 Å².